The molecule has 0 aliphatic heterocycles. The highest BCUT2D eigenvalue weighted by atomic mass is 79.9. The molecule has 35 heavy (non-hydrogen) atoms. The minimum Gasteiger partial charge on any atom is -0.492 e. The van der Waals surface area contributed by atoms with Gasteiger partial charge in [-0.15, -0.1) is 0 Å². The lowest BCUT2D eigenvalue weighted by Crippen LogP contribution is -2.31. The fraction of sp³-hybridized carbons (Fsp3) is 0.207. The van der Waals surface area contributed by atoms with E-state index in [1.54, 1.807) is 0 Å². The van der Waals surface area contributed by atoms with Crippen LogP contribution in [-0.2, 0) is 0 Å². The standard InChI is InChI=1S/C29H30BrN3O2/c1-4-35-28-8-6-5-7-27(28)33-25(17-18-26(33)22-13-15-24(30)16-14-22)21-9-11-23(12-10-21)29(34)31-19-20-32(2)3/h5-18H,4,19-20H2,1-3H3,(H,31,34). The highest BCUT2D eigenvalue weighted by molar-refractivity contribution is 9.10. The number of hydrogen-bond acceptors (Lipinski definition) is 3. The summed E-state index contributed by atoms with van der Waals surface area (Å²) >= 11 is 3.53. The summed E-state index contributed by atoms with van der Waals surface area (Å²) in [6.07, 6.45) is 0. The summed E-state index contributed by atoms with van der Waals surface area (Å²) in [6.45, 7) is 3.99. The van der Waals surface area contributed by atoms with Gasteiger partial charge in [-0.1, -0.05) is 52.3 Å². The zero-order valence-corrected chi connectivity index (χ0v) is 21.9. The summed E-state index contributed by atoms with van der Waals surface area (Å²) in [6, 6.07) is 28.4. The molecule has 0 bridgehead atoms. The number of rotatable bonds is 9. The van der Waals surface area contributed by atoms with Crippen molar-refractivity contribution in [2.75, 3.05) is 33.8 Å². The highest BCUT2D eigenvalue weighted by Crippen LogP contribution is 2.36. The topological polar surface area (TPSA) is 46.5 Å². The second-order valence-corrected chi connectivity index (χ2v) is 9.40. The first-order chi connectivity index (χ1) is 17.0. The maximum absolute atomic E-state index is 12.5. The zero-order valence-electron chi connectivity index (χ0n) is 20.3. The van der Waals surface area contributed by atoms with Gasteiger partial charge in [0.15, 0.2) is 0 Å². The largest absolute Gasteiger partial charge is 0.492 e. The molecule has 4 rings (SSSR count). The van der Waals surface area contributed by atoms with Gasteiger partial charge in [0.2, 0.25) is 0 Å². The van der Waals surface area contributed by atoms with Crippen molar-refractivity contribution in [1.82, 2.24) is 14.8 Å². The number of nitrogens with zero attached hydrogens (tertiary/aromatic N) is 2. The van der Waals surface area contributed by atoms with Gasteiger partial charge in [0.25, 0.3) is 5.91 Å². The maximum atomic E-state index is 12.5. The number of carbonyl (C=O) groups is 1. The number of nitrogens with one attached hydrogen (secondary N) is 1. The molecule has 0 atom stereocenters. The van der Waals surface area contributed by atoms with Crippen LogP contribution in [0.5, 0.6) is 5.75 Å². The number of carbonyl (C=O) groups excluding carboxylic acids is 1. The molecule has 4 aromatic rings. The molecule has 0 unspecified atom stereocenters. The van der Waals surface area contributed by atoms with Crippen LogP contribution in [0, 0.1) is 0 Å². The van der Waals surface area contributed by atoms with Crippen molar-refractivity contribution < 1.29 is 9.53 Å². The Morgan fingerprint density at radius 3 is 2.09 bits per heavy atom. The monoisotopic (exact) mass is 531 g/mol. The highest BCUT2D eigenvalue weighted by Gasteiger charge is 2.17. The summed E-state index contributed by atoms with van der Waals surface area (Å²) in [7, 11) is 3.98. The van der Waals surface area contributed by atoms with E-state index in [1.165, 1.54) is 0 Å². The quantitative estimate of drug-likeness (QED) is 0.277. The fourth-order valence-electron chi connectivity index (χ4n) is 3.97. The van der Waals surface area contributed by atoms with Gasteiger partial charge in [-0.2, -0.15) is 0 Å². The first-order valence-electron chi connectivity index (χ1n) is 11.7. The van der Waals surface area contributed by atoms with Crippen molar-refractivity contribution in [2.24, 2.45) is 0 Å². The van der Waals surface area contributed by atoms with E-state index in [2.05, 4.69) is 56.1 Å². The van der Waals surface area contributed by atoms with E-state index < -0.39 is 0 Å². The Labute approximate surface area is 215 Å². The SMILES string of the molecule is CCOc1ccccc1-n1c(-c2ccc(Br)cc2)ccc1-c1ccc(C(=O)NCCN(C)C)cc1. The number of likely N-dealkylation sites (N-methyl/N-ethyl adjacent to an activating group) is 1. The van der Waals surface area contributed by atoms with Crippen LogP contribution in [0.3, 0.4) is 0 Å². The first-order valence-corrected chi connectivity index (χ1v) is 12.5. The molecular weight excluding hydrogens is 502 g/mol. The van der Waals surface area contributed by atoms with Gasteiger partial charge in [0.1, 0.15) is 5.75 Å². The van der Waals surface area contributed by atoms with Gasteiger partial charge in [0, 0.05) is 23.1 Å². The average Bonchev–Trinajstić information content (AvgIpc) is 3.30. The first kappa shape index (κ1) is 24.8. The van der Waals surface area contributed by atoms with Gasteiger partial charge in [-0.25, -0.2) is 0 Å². The predicted octanol–water partition coefficient (Wildman–Crippen LogP) is 6.26. The smallest absolute Gasteiger partial charge is 0.251 e. The minimum atomic E-state index is -0.0639. The van der Waals surface area contributed by atoms with Crippen molar-refractivity contribution in [2.45, 2.75) is 6.92 Å². The van der Waals surface area contributed by atoms with Gasteiger partial charge in [-0.05, 0) is 80.7 Å². The molecule has 0 saturated heterocycles. The van der Waals surface area contributed by atoms with Crippen LogP contribution in [0.25, 0.3) is 28.2 Å². The molecule has 5 nitrogen and oxygen atoms in total. The molecule has 1 aromatic heterocycles. The lowest BCUT2D eigenvalue weighted by Gasteiger charge is -2.18. The molecule has 1 heterocycles. The fourth-order valence-corrected chi connectivity index (χ4v) is 4.24. The Bertz CT molecular complexity index is 1280. The normalized spacial score (nSPS) is 11.0. The van der Waals surface area contributed by atoms with E-state index in [0.717, 1.165) is 45.0 Å². The Kier molecular flexibility index (Phi) is 8.06. The average molecular weight is 532 g/mol. The van der Waals surface area contributed by atoms with Crippen LogP contribution in [0.2, 0.25) is 0 Å². The molecule has 0 aliphatic carbocycles. The molecule has 3 aromatic carbocycles. The van der Waals surface area contributed by atoms with E-state index in [1.807, 2.05) is 80.5 Å². The molecule has 6 heteroatoms. The number of aromatic nitrogens is 1. The summed E-state index contributed by atoms with van der Waals surface area (Å²) in [4.78, 5) is 14.6. The van der Waals surface area contributed by atoms with Gasteiger partial charge >= 0.3 is 0 Å². The Morgan fingerprint density at radius 2 is 1.49 bits per heavy atom. The van der Waals surface area contributed by atoms with E-state index in [9.17, 15) is 4.79 Å². The predicted molar refractivity (Wildman–Crippen MR) is 146 cm³/mol. The molecule has 0 aliphatic rings. The summed E-state index contributed by atoms with van der Waals surface area (Å²) in [5.41, 5.74) is 5.82. The van der Waals surface area contributed by atoms with Crippen molar-refractivity contribution in [3.63, 3.8) is 0 Å². The number of halogens is 1. The van der Waals surface area contributed by atoms with Crippen LogP contribution in [0.1, 0.15) is 17.3 Å². The van der Waals surface area contributed by atoms with Crippen LogP contribution in [0.15, 0.2) is 89.4 Å². The molecule has 180 valence electrons. The zero-order chi connectivity index (χ0) is 24.8. The van der Waals surface area contributed by atoms with Crippen molar-refractivity contribution in [3.8, 4) is 34.0 Å². The number of ether oxygens (including phenoxy) is 1. The second kappa shape index (κ2) is 11.4. The van der Waals surface area contributed by atoms with Gasteiger partial charge in [0.05, 0.1) is 23.7 Å². The lowest BCUT2D eigenvalue weighted by molar-refractivity contribution is 0.0951. The van der Waals surface area contributed by atoms with Gasteiger partial charge < -0.3 is 19.5 Å². The molecule has 0 radical (unpaired) electrons. The third kappa shape index (κ3) is 5.84. The molecule has 0 fully saturated rings. The Balaban J connectivity index is 1.74. The van der Waals surface area contributed by atoms with Crippen molar-refractivity contribution in [3.05, 3.63) is 95.0 Å². The van der Waals surface area contributed by atoms with Crippen LogP contribution in [0.4, 0.5) is 0 Å². The lowest BCUT2D eigenvalue weighted by atomic mass is 10.1. The number of benzene rings is 3. The molecule has 0 spiro atoms. The summed E-state index contributed by atoms with van der Waals surface area (Å²) < 4.78 is 9.24. The second-order valence-electron chi connectivity index (χ2n) is 8.48. The van der Waals surface area contributed by atoms with Crippen molar-refractivity contribution >= 4 is 21.8 Å². The number of amides is 1. The third-order valence-electron chi connectivity index (χ3n) is 5.71. The van der Waals surface area contributed by atoms with Crippen LogP contribution >= 0.6 is 15.9 Å². The summed E-state index contributed by atoms with van der Waals surface area (Å²) in [5.74, 6) is 0.758. The Hall–Kier alpha value is -3.35. The van der Waals surface area contributed by atoms with Crippen LogP contribution < -0.4 is 10.1 Å². The molecule has 1 amide bonds. The summed E-state index contributed by atoms with van der Waals surface area (Å²) in [5, 5.41) is 2.97. The van der Waals surface area contributed by atoms with E-state index in [4.69, 9.17) is 4.74 Å². The number of hydrogen-bond donors (Lipinski definition) is 1. The van der Waals surface area contributed by atoms with Crippen molar-refractivity contribution in [1.29, 1.82) is 0 Å². The van der Waals surface area contributed by atoms with Crippen LogP contribution in [-0.4, -0.2) is 49.2 Å². The number of para-hydroxylation sites is 2. The minimum absolute atomic E-state index is 0.0639. The third-order valence-corrected chi connectivity index (χ3v) is 6.24. The van der Waals surface area contributed by atoms with E-state index in [0.29, 0.717) is 18.7 Å². The van der Waals surface area contributed by atoms with Gasteiger partial charge in [-0.3, -0.25) is 4.79 Å². The molecule has 0 saturated carbocycles. The Morgan fingerprint density at radius 1 is 0.886 bits per heavy atom. The van der Waals surface area contributed by atoms with E-state index >= 15 is 0 Å². The maximum Gasteiger partial charge on any atom is 0.251 e. The molecular formula is C29H30BrN3O2. The molecule has 1 N–H and O–H groups in total. The van der Waals surface area contributed by atoms with E-state index in [-0.39, 0.29) is 5.91 Å².